The van der Waals surface area contributed by atoms with Crippen LogP contribution in [0.2, 0.25) is 5.02 Å². The van der Waals surface area contributed by atoms with Crippen LogP contribution in [-0.2, 0) is 25.6 Å². The van der Waals surface area contributed by atoms with Crippen LogP contribution in [0.3, 0.4) is 0 Å². The van der Waals surface area contributed by atoms with Gasteiger partial charge in [-0.1, -0.05) is 23.7 Å². The molecule has 3 heterocycles. The van der Waals surface area contributed by atoms with Crippen LogP contribution in [-0.4, -0.2) is 66.5 Å². The lowest BCUT2D eigenvalue weighted by atomic mass is 9.70. The van der Waals surface area contributed by atoms with E-state index in [1.807, 2.05) is 19.1 Å². The Hall–Kier alpha value is -2.35. The monoisotopic (exact) mass is 471 g/mol. The number of benzene rings is 1. The SMILES string of the molecule is CC1=COC2CC(CN3CCOCC3)CC3C(=O)C(C(=O)NCc4ccc(Cl)cc4)=CN1C23. The number of ketones is 1. The number of ether oxygens (including phenoxy) is 2. The van der Waals surface area contributed by atoms with Crippen LogP contribution in [0.1, 0.15) is 25.3 Å². The van der Waals surface area contributed by atoms with Gasteiger partial charge < -0.3 is 19.7 Å². The molecule has 1 aromatic rings. The number of carbonyl (C=O) groups excluding carboxylic acids is 2. The van der Waals surface area contributed by atoms with Gasteiger partial charge >= 0.3 is 0 Å². The van der Waals surface area contributed by atoms with E-state index in [4.69, 9.17) is 21.1 Å². The van der Waals surface area contributed by atoms with E-state index in [9.17, 15) is 9.59 Å². The van der Waals surface area contributed by atoms with E-state index < -0.39 is 0 Å². The Balaban J connectivity index is 1.33. The molecule has 3 aliphatic heterocycles. The number of rotatable bonds is 5. The van der Waals surface area contributed by atoms with Crippen LogP contribution in [0.5, 0.6) is 0 Å². The summed E-state index contributed by atoms with van der Waals surface area (Å²) < 4.78 is 11.5. The van der Waals surface area contributed by atoms with Crippen molar-refractivity contribution in [3.63, 3.8) is 0 Å². The second-order valence-corrected chi connectivity index (χ2v) is 9.84. The number of allylic oxidation sites excluding steroid dienone is 1. The van der Waals surface area contributed by atoms with E-state index in [1.165, 1.54) is 0 Å². The van der Waals surface area contributed by atoms with Crippen LogP contribution in [0.15, 0.2) is 48.0 Å². The molecule has 33 heavy (non-hydrogen) atoms. The van der Waals surface area contributed by atoms with Crippen molar-refractivity contribution in [2.75, 3.05) is 32.8 Å². The molecule has 1 saturated heterocycles. The van der Waals surface area contributed by atoms with E-state index >= 15 is 0 Å². The Labute approximate surface area is 199 Å². The fraction of sp³-hybridized carbons (Fsp3) is 0.520. The highest BCUT2D eigenvalue weighted by Gasteiger charge is 2.50. The zero-order chi connectivity index (χ0) is 22.9. The summed E-state index contributed by atoms with van der Waals surface area (Å²) in [6.07, 6.45) is 5.14. The highest BCUT2D eigenvalue weighted by atomic mass is 35.5. The standard InChI is InChI=1S/C25H30ClN3O4/c1-16-15-33-22-11-18(13-28-6-8-32-9-7-28)10-20-23(22)29(16)14-21(24(20)30)25(31)27-12-17-2-4-19(26)5-3-17/h2-5,14-15,18,20,22-23H,6-13H2,1H3,(H,27,31). The molecule has 4 unspecified atom stereocenters. The van der Waals surface area contributed by atoms with Crippen molar-refractivity contribution in [1.82, 2.24) is 15.1 Å². The molecule has 0 spiro atoms. The summed E-state index contributed by atoms with van der Waals surface area (Å²) in [6, 6.07) is 7.27. The quantitative estimate of drug-likeness (QED) is 0.666. The second-order valence-electron chi connectivity index (χ2n) is 9.40. The first-order valence-corrected chi connectivity index (χ1v) is 12.1. The molecule has 5 rings (SSSR count). The highest BCUT2D eigenvalue weighted by molar-refractivity contribution is 6.30. The molecule has 1 aliphatic carbocycles. The van der Waals surface area contributed by atoms with Crippen molar-refractivity contribution in [3.05, 3.63) is 58.6 Å². The lowest BCUT2D eigenvalue weighted by molar-refractivity contribution is -0.133. The molecule has 1 amide bonds. The molecule has 8 heteroatoms. The number of morpholine rings is 1. The number of amides is 1. The molecule has 7 nitrogen and oxygen atoms in total. The van der Waals surface area contributed by atoms with Crippen LogP contribution >= 0.6 is 11.6 Å². The third-order valence-corrected chi connectivity index (χ3v) is 7.44. The number of halogens is 1. The fourth-order valence-corrected chi connectivity index (χ4v) is 5.64. The van der Waals surface area contributed by atoms with Crippen LogP contribution in [0, 0.1) is 11.8 Å². The molecular formula is C25H30ClN3O4. The van der Waals surface area contributed by atoms with Gasteiger partial charge in [0.1, 0.15) is 12.4 Å². The van der Waals surface area contributed by atoms with Crippen LogP contribution in [0.25, 0.3) is 0 Å². The third kappa shape index (κ3) is 4.67. The minimum absolute atomic E-state index is 0.0441. The van der Waals surface area contributed by atoms with Crippen LogP contribution < -0.4 is 5.32 Å². The van der Waals surface area contributed by atoms with Crippen molar-refractivity contribution in [2.24, 2.45) is 11.8 Å². The summed E-state index contributed by atoms with van der Waals surface area (Å²) >= 11 is 5.94. The molecule has 176 valence electrons. The number of Topliss-reactive ketones (excluding diaryl/α,β-unsaturated/α-hetero) is 1. The highest BCUT2D eigenvalue weighted by Crippen LogP contribution is 2.43. The number of hydrogen-bond donors (Lipinski definition) is 1. The number of nitrogens with zero attached hydrogens (tertiary/aromatic N) is 2. The van der Waals surface area contributed by atoms with Gasteiger partial charge in [-0.15, -0.1) is 0 Å². The van der Waals surface area contributed by atoms with Crippen molar-refractivity contribution in [3.8, 4) is 0 Å². The lowest BCUT2D eigenvalue weighted by Gasteiger charge is -2.51. The van der Waals surface area contributed by atoms with E-state index in [0.29, 0.717) is 17.5 Å². The molecule has 2 fully saturated rings. The van der Waals surface area contributed by atoms with Gasteiger partial charge in [-0.05, 0) is 43.4 Å². The molecule has 0 aromatic heterocycles. The zero-order valence-corrected chi connectivity index (χ0v) is 19.6. The summed E-state index contributed by atoms with van der Waals surface area (Å²) in [5.74, 6) is -0.303. The summed E-state index contributed by atoms with van der Waals surface area (Å²) in [7, 11) is 0. The molecule has 0 radical (unpaired) electrons. The largest absolute Gasteiger partial charge is 0.494 e. The van der Waals surface area contributed by atoms with E-state index in [-0.39, 0.29) is 35.3 Å². The second kappa shape index (κ2) is 9.49. The van der Waals surface area contributed by atoms with Gasteiger partial charge in [0.2, 0.25) is 0 Å². The average molecular weight is 472 g/mol. The first-order valence-electron chi connectivity index (χ1n) is 11.7. The Bertz CT molecular complexity index is 970. The van der Waals surface area contributed by atoms with Crippen molar-refractivity contribution < 1.29 is 19.1 Å². The minimum atomic E-state index is -0.334. The predicted octanol–water partition coefficient (Wildman–Crippen LogP) is 2.71. The summed E-state index contributed by atoms with van der Waals surface area (Å²) in [6.45, 7) is 6.60. The first kappa shape index (κ1) is 22.4. The van der Waals surface area contributed by atoms with Gasteiger partial charge in [-0.2, -0.15) is 0 Å². The maximum atomic E-state index is 13.6. The Morgan fingerprint density at radius 2 is 1.94 bits per heavy atom. The van der Waals surface area contributed by atoms with E-state index in [1.54, 1.807) is 24.6 Å². The summed E-state index contributed by atoms with van der Waals surface area (Å²) in [4.78, 5) is 31.1. The minimum Gasteiger partial charge on any atom is -0.494 e. The fourth-order valence-electron chi connectivity index (χ4n) is 5.51. The Morgan fingerprint density at radius 1 is 1.18 bits per heavy atom. The van der Waals surface area contributed by atoms with Gasteiger partial charge in [0.05, 0.1) is 24.8 Å². The van der Waals surface area contributed by atoms with E-state index in [2.05, 4.69) is 15.1 Å². The average Bonchev–Trinajstić information content (AvgIpc) is 2.82. The molecular weight excluding hydrogens is 442 g/mol. The molecule has 4 aliphatic rings. The summed E-state index contributed by atoms with van der Waals surface area (Å²) in [5.41, 5.74) is 2.08. The normalized spacial score (nSPS) is 29.5. The number of nitrogens with one attached hydrogen (secondary N) is 1. The van der Waals surface area contributed by atoms with Gasteiger partial charge in [0, 0.05) is 49.0 Å². The first-order chi connectivity index (χ1) is 16.0. The van der Waals surface area contributed by atoms with Gasteiger partial charge in [-0.3, -0.25) is 14.5 Å². The van der Waals surface area contributed by atoms with Gasteiger partial charge in [0.15, 0.2) is 5.78 Å². The molecule has 1 saturated carbocycles. The molecule has 4 atom stereocenters. The lowest BCUT2D eigenvalue weighted by Crippen LogP contribution is -2.59. The van der Waals surface area contributed by atoms with E-state index in [0.717, 1.165) is 57.0 Å². The van der Waals surface area contributed by atoms with Gasteiger partial charge in [-0.25, -0.2) is 0 Å². The van der Waals surface area contributed by atoms with Crippen molar-refractivity contribution in [1.29, 1.82) is 0 Å². The molecule has 1 aromatic carbocycles. The Kier molecular flexibility index (Phi) is 6.45. The van der Waals surface area contributed by atoms with Crippen LogP contribution in [0.4, 0.5) is 0 Å². The predicted molar refractivity (Wildman–Crippen MR) is 124 cm³/mol. The molecule has 1 N–H and O–H groups in total. The van der Waals surface area contributed by atoms with Crippen molar-refractivity contribution >= 4 is 23.3 Å². The Morgan fingerprint density at radius 3 is 2.70 bits per heavy atom. The number of hydrogen-bond acceptors (Lipinski definition) is 6. The smallest absolute Gasteiger partial charge is 0.256 e. The number of carbonyl (C=O) groups is 2. The maximum Gasteiger partial charge on any atom is 0.256 e. The zero-order valence-electron chi connectivity index (χ0n) is 18.8. The van der Waals surface area contributed by atoms with Gasteiger partial charge in [0.25, 0.3) is 5.91 Å². The molecule has 0 bridgehead atoms. The maximum absolute atomic E-state index is 13.6. The summed E-state index contributed by atoms with van der Waals surface area (Å²) in [5, 5.41) is 3.56. The van der Waals surface area contributed by atoms with Crippen molar-refractivity contribution in [2.45, 2.75) is 38.5 Å². The third-order valence-electron chi connectivity index (χ3n) is 7.19. The topological polar surface area (TPSA) is 71.1 Å².